The normalized spacial score (nSPS) is 11.0. The molecule has 0 aromatic carbocycles. The molecule has 0 heterocycles. The van der Waals surface area contributed by atoms with Crippen LogP contribution >= 0.6 is 0 Å². The average molecular weight is 412 g/mol. The first-order valence-corrected chi connectivity index (χ1v) is 12.6. The van der Waals surface area contributed by atoms with Crippen molar-refractivity contribution >= 4 is 11.9 Å². The van der Waals surface area contributed by atoms with Crippen LogP contribution in [0, 0.1) is 0 Å². The van der Waals surface area contributed by atoms with Gasteiger partial charge in [0, 0.05) is 13.0 Å². The second kappa shape index (κ2) is 21.6. The lowest BCUT2D eigenvalue weighted by Gasteiger charge is -2.19. The van der Waals surface area contributed by atoms with Crippen LogP contribution in [-0.4, -0.2) is 35.0 Å². The first kappa shape index (κ1) is 27.9. The van der Waals surface area contributed by atoms with Crippen LogP contribution in [0.1, 0.15) is 136 Å². The molecule has 0 aromatic rings. The Morgan fingerprint density at radius 3 is 1.31 bits per heavy atom. The third-order valence-electron chi connectivity index (χ3n) is 5.67. The molecule has 4 heteroatoms. The van der Waals surface area contributed by atoms with E-state index in [1.54, 1.807) is 0 Å². The minimum absolute atomic E-state index is 0.00444. The van der Waals surface area contributed by atoms with Crippen molar-refractivity contribution in [1.29, 1.82) is 0 Å². The molecule has 0 saturated carbocycles. The summed E-state index contributed by atoms with van der Waals surface area (Å²) >= 11 is 0. The van der Waals surface area contributed by atoms with Gasteiger partial charge in [-0.05, 0) is 12.8 Å². The van der Waals surface area contributed by atoms with Gasteiger partial charge in [0.15, 0.2) is 0 Å². The number of amides is 1. The third kappa shape index (κ3) is 20.0. The Bertz CT molecular complexity index is 384. The van der Waals surface area contributed by atoms with E-state index in [1.807, 2.05) is 6.92 Å². The Morgan fingerprint density at radius 2 is 0.966 bits per heavy atom. The number of hydrogen-bond donors (Lipinski definition) is 1. The first-order valence-electron chi connectivity index (χ1n) is 12.6. The summed E-state index contributed by atoms with van der Waals surface area (Å²) in [5.74, 6) is -0.926. The maximum absolute atomic E-state index is 12.1. The van der Waals surface area contributed by atoms with Gasteiger partial charge in [-0.2, -0.15) is 0 Å². The molecule has 1 N–H and O–H groups in total. The summed E-state index contributed by atoms with van der Waals surface area (Å²) in [6.07, 6.45) is 23.8. The molecule has 0 spiro atoms. The number of rotatable bonds is 22. The van der Waals surface area contributed by atoms with Crippen molar-refractivity contribution in [3.8, 4) is 0 Å². The van der Waals surface area contributed by atoms with Gasteiger partial charge in [-0.15, -0.1) is 0 Å². The largest absolute Gasteiger partial charge is 0.480 e. The first-order chi connectivity index (χ1) is 14.1. The molecule has 1 amide bonds. The molecule has 0 aromatic heterocycles. The van der Waals surface area contributed by atoms with E-state index in [-0.39, 0.29) is 12.5 Å². The minimum Gasteiger partial charge on any atom is -0.480 e. The molecule has 0 atom stereocenters. The highest BCUT2D eigenvalue weighted by atomic mass is 16.4. The van der Waals surface area contributed by atoms with Crippen molar-refractivity contribution in [3.63, 3.8) is 0 Å². The molecule has 4 nitrogen and oxygen atoms in total. The molecule has 0 fully saturated rings. The van der Waals surface area contributed by atoms with Gasteiger partial charge in [-0.1, -0.05) is 117 Å². The van der Waals surface area contributed by atoms with E-state index in [1.165, 1.54) is 101 Å². The van der Waals surface area contributed by atoms with Crippen molar-refractivity contribution < 1.29 is 14.7 Å². The Kier molecular flexibility index (Phi) is 20.9. The second-order valence-corrected chi connectivity index (χ2v) is 8.62. The molecule has 0 saturated heterocycles. The monoisotopic (exact) mass is 411 g/mol. The zero-order chi connectivity index (χ0) is 21.6. The van der Waals surface area contributed by atoms with Gasteiger partial charge < -0.3 is 10.0 Å². The van der Waals surface area contributed by atoms with Gasteiger partial charge in [0.25, 0.3) is 0 Å². The van der Waals surface area contributed by atoms with E-state index in [2.05, 4.69) is 6.92 Å². The molecule has 0 aliphatic heterocycles. The number of hydrogen-bond acceptors (Lipinski definition) is 2. The molecule has 0 unspecified atom stereocenters. The number of nitrogens with zero attached hydrogens (tertiary/aromatic N) is 1. The summed E-state index contributed by atoms with van der Waals surface area (Å²) in [4.78, 5) is 24.4. The number of carboxylic acids is 1. The summed E-state index contributed by atoms with van der Waals surface area (Å²) in [6.45, 7) is 4.63. The van der Waals surface area contributed by atoms with Crippen molar-refractivity contribution in [3.05, 3.63) is 0 Å². The van der Waals surface area contributed by atoms with Gasteiger partial charge in [-0.25, -0.2) is 0 Å². The van der Waals surface area contributed by atoms with E-state index >= 15 is 0 Å². The summed E-state index contributed by atoms with van der Waals surface area (Å²) in [5.41, 5.74) is 0. The lowest BCUT2D eigenvalue weighted by molar-refractivity contribution is -0.144. The molecule has 0 aliphatic rings. The molecular formula is C25H49NO3. The standard InChI is InChI=1S/C25H49NO3/c1-3-5-6-7-8-9-10-11-12-13-14-15-16-17-18-19-20-21-24(27)26(22-4-2)23-25(28)29/h3-23H2,1-2H3,(H,28,29). The fraction of sp³-hybridized carbons (Fsp3) is 0.920. The molecule has 0 bridgehead atoms. The molecule has 0 radical (unpaired) electrons. The summed E-state index contributed by atoms with van der Waals surface area (Å²) in [7, 11) is 0. The second-order valence-electron chi connectivity index (χ2n) is 8.62. The Hall–Kier alpha value is -1.06. The van der Waals surface area contributed by atoms with Gasteiger partial charge in [0.2, 0.25) is 5.91 Å². The SMILES string of the molecule is CCCCCCCCCCCCCCCCCCCC(=O)N(CCC)CC(=O)O. The van der Waals surface area contributed by atoms with Gasteiger partial charge in [-0.3, -0.25) is 9.59 Å². The lowest BCUT2D eigenvalue weighted by Crippen LogP contribution is -2.36. The van der Waals surface area contributed by atoms with E-state index in [9.17, 15) is 9.59 Å². The Balaban J connectivity index is 3.34. The van der Waals surface area contributed by atoms with Crippen molar-refractivity contribution in [2.45, 2.75) is 136 Å². The molecule has 29 heavy (non-hydrogen) atoms. The summed E-state index contributed by atoms with van der Waals surface area (Å²) in [5, 5.41) is 8.89. The van der Waals surface area contributed by atoms with Crippen LogP contribution < -0.4 is 0 Å². The zero-order valence-corrected chi connectivity index (χ0v) is 19.6. The molecule has 0 aliphatic carbocycles. The average Bonchev–Trinajstić information content (AvgIpc) is 2.69. The number of carboxylic acid groups (broad SMARTS) is 1. The van der Waals surface area contributed by atoms with Crippen LogP contribution in [0.2, 0.25) is 0 Å². The fourth-order valence-corrected chi connectivity index (χ4v) is 3.88. The lowest BCUT2D eigenvalue weighted by atomic mass is 10.0. The molecule has 0 rings (SSSR count). The predicted octanol–water partition coefficient (Wildman–Crippen LogP) is 7.35. The fourth-order valence-electron chi connectivity index (χ4n) is 3.88. The van der Waals surface area contributed by atoms with Gasteiger partial charge in [0.05, 0.1) is 0 Å². The molecule has 172 valence electrons. The number of carbonyl (C=O) groups is 2. The Labute approximate surface area is 180 Å². The third-order valence-corrected chi connectivity index (χ3v) is 5.67. The zero-order valence-electron chi connectivity index (χ0n) is 19.6. The highest BCUT2D eigenvalue weighted by Gasteiger charge is 2.15. The van der Waals surface area contributed by atoms with Crippen molar-refractivity contribution in [1.82, 2.24) is 4.90 Å². The van der Waals surface area contributed by atoms with E-state index in [0.29, 0.717) is 13.0 Å². The smallest absolute Gasteiger partial charge is 0.323 e. The van der Waals surface area contributed by atoms with E-state index < -0.39 is 5.97 Å². The van der Waals surface area contributed by atoms with Crippen molar-refractivity contribution in [2.75, 3.05) is 13.1 Å². The van der Waals surface area contributed by atoms with Crippen LogP contribution in [0.4, 0.5) is 0 Å². The maximum atomic E-state index is 12.1. The minimum atomic E-state index is -0.922. The Morgan fingerprint density at radius 1 is 0.586 bits per heavy atom. The van der Waals surface area contributed by atoms with Crippen LogP contribution in [-0.2, 0) is 9.59 Å². The van der Waals surface area contributed by atoms with Crippen LogP contribution in [0.3, 0.4) is 0 Å². The number of unbranched alkanes of at least 4 members (excludes halogenated alkanes) is 16. The number of carbonyl (C=O) groups excluding carboxylic acids is 1. The quantitative estimate of drug-likeness (QED) is 0.189. The van der Waals surface area contributed by atoms with Crippen LogP contribution in [0.5, 0.6) is 0 Å². The number of aliphatic carboxylic acids is 1. The van der Waals surface area contributed by atoms with Gasteiger partial charge >= 0.3 is 5.97 Å². The maximum Gasteiger partial charge on any atom is 0.323 e. The van der Waals surface area contributed by atoms with Gasteiger partial charge in [0.1, 0.15) is 6.54 Å². The highest BCUT2D eigenvalue weighted by Crippen LogP contribution is 2.14. The summed E-state index contributed by atoms with van der Waals surface area (Å²) in [6, 6.07) is 0. The van der Waals surface area contributed by atoms with Crippen LogP contribution in [0.25, 0.3) is 0 Å². The highest BCUT2D eigenvalue weighted by molar-refractivity contribution is 5.81. The predicted molar refractivity (Wildman–Crippen MR) is 123 cm³/mol. The molecular weight excluding hydrogens is 362 g/mol. The topological polar surface area (TPSA) is 57.6 Å². The van der Waals surface area contributed by atoms with Crippen LogP contribution in [0.15, 0.2) is 0 Å². The van der Waals surface area contributed by atoms with E-state index in [0.717, 1.165) is 19.3 Å². The van der Waals surface area contributed by atoms with E-state index in [4.69, 9.17) is 5.11 Å². The summed E-state index contributed by atoms with van der Waals surface area (Å²) < 4.78 is 0. The van der Waals surface area contributed by atoms with Crippen molar-refractivity contribution in [2.24, 2.45) is 0 Å².